The van der Waals surface area contributed by atoms with Crippen LogP contribution in [0, 0.1) is 5.92 Å². The van der Waals surface area contributed by atoms with Crippen molar-refractivity contribution < 1.29 is 0 Å². The topological polar surface area (TPSA) is 80.5 Å². The van der Waals surface area contributed by atoms with Crippen molar-refractivity contribution in [2.45, 2.75) is 20.3 Å². The molecule has 0 spiro atoms. The van der Waals surface area contributed by atoms with Crippen molar-refractivity contribution in [2.75, 3.05) is 24.2 Å². The molecule has 0 amide bonds. The molecule has 2 heterocycles. The average molecular weight is 261 g/mol. The first-order chi connectivity index (χ1) is 9.22. The van der Waals surface area contributed by atoms with E-state index in [1.54, 1.807) is 24.1 Å². The molecule has 2 rings (SSSR count). The molecule has 0 aliphatic heterocycles. The number of anilines is 2. The second-order valence-corrected chi connectivity index (χ2v) is 4.38. The van der Waals surface area contributed by atoms with E-state index in [1.807, 2.05) is 6.07 Å². The second-order valence-electron chi connectivity index (χ2n) is 4.38. The van der Waals surface area contributed by atoms with Crippen LogP contribution < -0.4 is 10.6 Å². The lowest BCUT2D eigenvalue weighted by Crippen LogP contribution is -2.15. The van der Waals surface area contributed by atoms with E-state index in [2.05, 4.69) is 44.5 Å². The molecule has 0 aliphatic rings. The van der Waals surface area contributed by atoms with Gasteiger partial charge in [0, 0.05) is 26.0 Å². The van der Waals surface area contributed by atoms with Crippen LogP contribution in [0.4, 0.5) is 11.9 Å². The van der Waals surface area contributed by atoms with Gasteiger partial charge in [0.25, 0.3) is 5.95 Å². The van der Waals surface area contributed by atoms with Crippen molar-refractivity contribution in [1.29, 1.82) is 0 Å². The first-order valence-corrected chi connectivity index (χ1v) is 6.40. The van der Waals surface area contributed by atoms with Gasteiger partial charge < -0.3 is 10.6 Å². The van der Waals surface area contributed by atoms with E-state index < -0.39 is 0 Å². The Labute approximate surface area is 112 Å². The van der Waals surface area contributed by atoms with Crippen LogP contribution in [0.1, 0.15) is 20.3 Å². The number of nitrogens with zero attached hydrogens (tertiary/aromatic N) is 5. The van der Waals surface area contributed by atoms with Gasteiger partial charge in [-0.05, 0) is 12.0 Å². The second kappa shape index (κ2) is 6.12. The Hall–Kier alpha value is -2.18. The fraction of sp³-hybridized carbons (Fsp3) is 0.500. The number of nitrogens with one attached hydrogen (secondary N) is 2. The Morgan fingerprint density at radius 1 is 1.26 bits per heavy atom. The molecule has 0 aliphatic carbocycles. The van der Waals surface area contributed by atoms with Gasteiger partial charge in [-0.3, -0.25) is 0 Å². The molecule has 0 bridgehead atoms. The molecule has 0 aromatic carbocycles. The van der Waals surface area contributed by atoms with Crippen LogP contribution in [0.3, 0.4) is 0 Å². The molecule has 102 valence electrons. The molecule has 2 aromatic rings. The van der Waals surface area contributed by atoms with Crippen molar-refractivity contribution in [3.63, 3.8) is 0 Å². The normalized spacial score (nSPS) is 12.2. The van der Waals surface area contributed by atoms with Gasteiger partial charge in [0.1, 0.15) is 0 Å². The summed E-state index contributed by atoms with van der Waals surface area (Å²) in [7, 11) is 1.78. The Morgan fingerprint density at radius 3 is 2.68 bits per heavy atom. The SMILES string of the molecule is CCC(C)CNc1nc(NC)nc(-n2cccn2)n1. The standard InChI is InChI=1S/C12H19N7/c1-4-9(2)8-14-11-16-10(13-3)17-12(18-11)19-7-5-6-15-19/h5-7,9H,4,8H2,1-3H3,(H2,13,14,16,17,18). The van der Waals surface area contributed by atoms with Gasteiger partial charge in [0.15, 0.2) is 0 Å². The van der Waals surface area contributed by atoms with Gasteiger partial charge >= 0.3 is 0 Å². The maximum Gasteiger partial charge on any atom is 0.257 e. The highest BCUT2D eigenvalue weighted by Gasteiger charge is 2.08. The first kappa shape index (κ1) is 13.3. The van der Waals surface area contributed by atoms with Crippen molar-refractivity contribution >= 4 is 11.9 Å². The summed E-state index contributed by atoms with van der Waals surface area (Å²) in [4.78, 5) is 12.9. The first-order valence-electron chi connectivity index (χ1n) is 6.40. The summed E-state index contributed by atoms with van der Waals surface area (Å²) in [5, 5.41) is 10.3. The van der Waals surface area contributed by atoms with Crippen LogP contribution in [0.5, 0.6) is 0 Å². The molecule has 0 fully saturated rings. The van der Waals surface area contributed by atoms with Crippen molar-refractivity contribution in [1.82, 2.24) is 24.7 Å². The van der Waals surface area contributed by atoms with E-state index in [1.165, 1.54) is 0 Å². The highest BCUT2D eigenvalue weighted by atomic mass is 15.4. The number of hydrogen-bond acceptors (Lipinski definition) is 6. The Bertz CT molecular complexity index is 509. The molecule has 0 saturated carbocycles. The van der Waals surface area contributed by atoms with Gasteiger partial charge in [-0.15, -0.1) is 0 Å². The maximum absolute atomic E-state index is 4.36. The monoisotopic (exact) mass is 261 g/mol. The lowest BCUT2D eigenvalue weighted by Gasteiger charge is -2.11. The molecule has 2 aromatic heterocycles. The third-order valence-electron chi connectivity index (χ3n) is 2.86. The van der Waals surface area contributed by atoms with Gasteiger partial charge in [-0.25, -0.2) is 4.68 Å². The van der Waals surface area contributed by atoms with E-state index in [0.29, 0.717) is 23.8 Å². The predicted molar refractivity (Wildman–Crippen MR) is 74.4 cm³/mol. The lowest BCUT2D eigenvalue weighted by molar-refractivity contribution is 0.590. The van der Waals surface area contributed by atoms with E-state index >= 15 is 0 Å². The third-order valence-corrected chi connectivity index (χ3v) is 2.86. The van der Waals surface area contributed by atoms with Gasteiger partial charge in [-0.1, -0.05) is 20.3 Å². The van der Waals surface area contributed by atoms with E-state index in [-0.39, 0.29) is 0 Å². The number of aromatic nitrogens is 5. The van der Waals surface area contributed by atoms with Gasteiger partial charge in [0.2, 0.25) is 11.9 Å². The number of hydrogen-bond donors (Lipinski definition) is 2. The van der Waals surface area contributed by atoms with Crippen LogP contribution in [0.25, 0.3) is 5.95 Å². The zero-order valence-electron chi connectivity index (χ0n) is 11.5. The highest BCUT2D eigenvalue weighted by molar-refractivity contribution is 5.37. The molecular weight excluding hydrogens is 242 g/mol. The van der Waals surface area contributed by atoms with E-state index in [9.17, 15) is 0 Å². The molecule has 1 unspecified atom stereocenters. The summed E-state index contributed by atoms with van der Waals surface area (Å²) >= 11 is 0. The lowest BCUT2D eigenvalue weighted by atomic mass is 10.1. The summed E-state index contributed by atoms with van der Waals surface area (Å²) in [5.74, 6) is 2.15. The van der Waals surface area contributed by atoms with E-state index in [4.69, 9.17) is 0 Å². The van der Waals surface area contributed by atoms with Crippen LogP contribution in [-0.2, 0) is 0 Å². The maximum atomic E-state index is 4.36. The summed E-state index contributed by atoms with van der Waals surface area (Å²) in [6.07, 6.45) is 4.60. The largest absolute Gasteiger partial charge is 0.357 e. The molecule has 7 nitrogen and oxygen atoms in total. The van der Waals surface area contributed by atoms with Crippen LogP contribution in [0.15, 0.2) is 18.5 Å². The quantitative estimate of drug-likeness (QED) is 0.821. The molecule has 2 N–H and O–H groups in total. The minimum atomic E-state index is 0.496. The Morgan fingerprint density at radius 2 is 2.05 bits per heavy atom. The molecule has 7 heteroatoms. The fourth-order valence-corrected chi connectivity index (χ4v) is 1.46. The van der Waals surface area contributed by atoms with Crippen LogP contribution in [0.2, 0.25) is 0 Å². The molecule has 0 radical (unpaired) electrons. The molecular formula is C12H19N7. The van der Waals surface area contributed by atoms with Crippen molar-refractivity contribution in [2.24, 2.45) is 5.92 Å². The van der Waals surface area contributed by atoms with Crippen LogP contribution in [-0.4, -0.2) is 38.3 Å². The summed E-state index contributed by atoms with van der Waals surface area (Å²) in [5.41, 5.74) is 0. The van der Waals surface area contributed by atoms with Crippen molar-refractivity contribution in [3.05, 3.63) is 18.5 Å². The summed E-state index contributed by atoms with van der Waals surface area (Å²) in [6.45, 7) is 5.18. The fourth-order valence-electron chi connectivity index (χ4n) is 1.46. The highest BCUT2D eigenvalue weighted by Crippen LogP contribution is 2.09. The van der Waals surface area contributed by atoms with E-state index in [0.717, 1.165) is 13.0 Å². The summed E-state index contributed by atoms with van der Waals surface area (Å²) in [6, 6.07) is 1.83. The molecule has 19 heavy (non-hydrogen) atoms. The Kier molecular flexibility index (Phi) is 4.27. The van der Waals surface area contributed by atoms with Crippen LogP contribution >= 0.6 is 0 Å². The Balaban J connectivity index is 2.21. The minimum absolute atomic E-state index is 0.496. The summed E-state index contributed by atoms with van der Waals surface area (Å²) < 4.78 is 1.61. The molecule has 0 saturated heterocycles. The van der Waals surface area contributed by atoms with Gasteiger partial charge in [0.05, 0.1) is 0 Å². The predicted octanol–water partition coefficient (Wildman–Crippen LogP) is 1.56. The zero-order valence-corrected chi connectivity index (χ0v) is 11.5. The molecule has 1 atom stereocenters. The van der Waals surface area contributed by atoms with Gasteiger partial charge in [-0.2, -0.15) is 20.1 Å². The third kappa shape index (κ3) is 3.40. The smallest absolute Gasteiger partial charge is 0.257 e. The number of rotatable bonds is 6. The minimum Gasteiger partial charge on any atom is -0.357 e. The average Bonchev–Trinajstić information content (AvgIpc) is 2.98. The van der Waals surface area contributed by atoms with Crippen molar-refractivity contribution in [3.8, 4) is 5.95 Å². The zero-order chi connectivity index (χ0) is 13.7.